The second kappa shape index (κ2) is 9.30. The van der Waals surface area contributed by atoms with E-state index < -0.39 is 0 Å². The van der Waals surface area contributed by atoms with Gasteiger partial charge in [-0.1, -0.05) is 30.3 Å². The Hall–Kier alpha value is -2.05. The molecule has 1 aromatic heterocycles. The highest BCUT2D eigenvalue weighted by atomic mass is 32.1. The van der Waals surface area contributed by atoms with Crippen molar-refractivity contribution in [2.45, 2.75) is 25.8 Å². The van der Waals surface area contributed by atoms with Crippen molar-refractivity contribution >= 4 is 27.2 Å². The monoisotopic (exact) mass is 460 g/mol. The Morgan fingerprint density at radius 1 is 0.970 bits per heavy atom. The lowest BCUT2D eigenvalue weighted by molar-refractivity contribution is 0.0342. The predicted molar refractivity (Wildman–Crippen MR) is 135 cm³/mol. The number of carbonyl (C=O) groups is 1. The second-order valence-electron chi connectivity index (χ2n) is 9.98. The van der Waals surface area contributed by atoms with Crippen LogP contribution in [-0.2, 0) is 11.3 Å². The number of nitrogens with zero attached hydrogens (tertiary/aromatic N) is 2. The van der Waals surface area contributed by atoms with E-state index >= 15 is 0 Å². The first-order chi connectivity index (χ1) is 16.2. The fourth-order valence-electron chi connectivity index (χ4n) is 5.87. The number of carbonyl (C=O) groups excluding carboxylic acids is 1. The molecule has 4 aliphatic heterocycles. The molecule has 4 nitrogen and oxygen atoms in total. The van der Waals surface area contributed by atoms with Gasteiger partial charge in [0, 0.05) is 37.3 Å². The molecule has 2 bridgehead atoms. The highest BCUT2D eigenvalue weighted by Crippen LogP contribution is 2.37. The number of piperidine rings is 3. The first-order valence-corrected chi connectivity index (χ1v) is 13.2. The summed E-state index contributed by atoms with van der Waals surface area (Å²) in [6.07, 6.45) is 3.26. The third kappa shape index (κ3) is 4.65. The molecule has 172 valence electrons. The van der Waals surface area contributed by atoms with Crippen LogP contribution in [0.3, 0.4) is 0 Å². The molecule has 33 heavy (non-hydrogen) atoms. The Kier molecular flexibility index (Phi) is 6.05. The van der Waals surface area contributed by atoms with Gasteiger partial charge in [0.15, 0.2) is 5.78 Å². The molecular weight excluding hydrogens is 428 g/mol. The second-order valence-corrected chi connectivity index (χ2v) is 11.1. The zero-order chi connectivity index (χ0) is 22.2. The summed E-state index contributed by atoms with van der Waals surface area (Å²) in [5, 5.41) is 1.19. The molecular formula is C28H32N2O2S. The molecule has 0 spiro atoms. The number of rotatable bonds is 6. The maximum Gasteiger partial charge on any atom is 0.173 e. The Balaban J connectivity index is 1.18. The quantitative estimate of drug-likeness (QED) is 0.467. The average molecular weight is 461 g/mol. The minimum absolute atomic E-state index is 0.337. The van der Waals surface area contributed by atoms with Gasteiger partial charge in [0.25, 0.3) is 0 Å². The zero-order valence-corrected chi connectivity index (χ0v) is 20.0. The van der Waals surface area contributed by atoms with E-state index in [1.807, 2.05) is 0 Å². The van der Waals surface area contributed by atoms with Crippen LogP contribution in [0.25, 0.3) is 21.2 Å². The summed E-state index contributed by atoms with van der Waals surface area (Å²) in [5.74, 6) is 1.64. The highest BCUT2D eigenvalue weighted by molar-refractivity contribution is 7.20. The molecule has 0 radical (unpaired) electrons. The number of morpholine rings is 1. The SMILES string of the molecule is O=C(C[C@H]1CN2CCC1CC2)c1cc2ccc(-c3cccc(CN4CCOCC4)c3)cc2s1. The van der Waals surface area contributed by atoms with Gasteiger partial charge >= 0.3 is 0 Å². The van der Waals surface area contributed by atoms with Gasteiger partial charge in [-0.05, 0) is 78.0 Å². The van der Waals surface area contributed by atoms with Crippen molar-refractivity contribution in [1.29, 1.82) is 0 Å². The maximum atomic E-state index is 13.1. The van der Waals surface area contributed by atoms with Crippen LogP contribution >= 0.6 is 11.3 Å². The molecule has 4 fully saturated rings. The lowest BCUT2D eigenvalue weighted by Gasteiger charge is -2.44. The number of fused-ring (bicyclic) bond motifs is 4. The summed E-state index contributed by atoms with van der Waals surface area (Å²) in [4.78, 5) is 19.1. The van der Waals surface area contributed by atoms with Crippen LogP contribution in [-0.4, -0.2) is 61.5 Å². The van der Waals surface area contributed by atoms with E-state index in [-0.39, 0.29) is 0 Å². The lowest BCUT2D eigenvalue weighted by Crippen LogP contribution is -2.47. The van der Waals surface area contributed by atoms with Gasteiger partial charge in [-0.15, -0.1) is 11.3 Å². The maximum absolute atomic E-state index is 13.1. The fourth-order valence-corrected chi connectivity index (χ4v) is 6.92. The first-order valence-electron chi connectivity index (χ1n) is 12.4. The number of hydrogen-bond acceptors (Lipinski definition) is 5. The molecule has 1 atom stereocenters. The molecule has 4 saturated heterocycles. The molecule has 0 N–H and O–H groups in total. The van der Waals surface area contributed by atoms with Crippen molar-refractivity contribution in [2.24, 2.45) is 11.8 Å². The number of Topliss-reactive ketones (excluding diaryl/α,β-unsaturated/α-hetero) is 1. The lowest BCUT2D eigenvalue weighted by atomic mass is 9.76. The zero-order valence-electron chi connectivity index (χ0n) is 19.2. The van der Waals surface area contributed by atoms with Crippen molar-refractivity contribution in [3.05, 3.63) is 59.0 Å². The average Bonchev–Trinajstić information content (AvgIpc) is 3.29. The molecule has 0 unspecified atom stereocenters. The molecule has 5 heteroatoms. The van der Waals surface area contributed by atoms with E-state index in [1.54, 1.807) is 11.3 Å². The molecule has 4 aliphatic rings. The van der Waals surface area contributed by atoms with Crippen LogP contribution < -0.4 is 0 Å². The van der Waals surface area contributed by atoms with Crippen molar-refractivity contribution in [3.63, 3.8) is 0 Å². The van der Waals surface area contributed by atoms with Crippen molar-refractivity contribution in [2.75, 3.05) is 45.9 Å². The normalized spacial score (nSPS) is 25.5. The molecule has 5 heterocycles. The molecule has 7 rings (SSSR count). The number of thiophene rings is 1. The van der Waals surface area contributed by atoms with Gasteiger partial charge in [-0.25, -0.2) is 0 Å². The Morgan fingerprint density at radius 2 is 1.79 bits per heavy atom. The molecule has 0 saturated carbocycles. The molecule has 0 amide bonds. The van der Waals surface area contributed by atoms with Gasteiger partial charge in [-0.2, -0.15) is 0 Å². The van der Waals surface area contributed by atoms with Gasteiger partial charge < -0.3 is 9.64 Å². The highest BCUT2D eigenvalue weighted by Gasteiger charge is 2.35. The van der Waals surface area contributed by atoms with Crippen molar-refractivity contribution in [3.8, 4) is 11.1 Å². The van der Waals surface area contributed by atoms with Gasteiger partial charge in [0.1, 0.15) is 0 Å². The van der Waals surface area contributed by atoms with Gasteiger partial charge in [0.2, 0.25) is 0 Å². The predicted octanol–water partition coefficient (Wildman–Crippen LogP) is 5.32. The summed E-state index contributed by atoms with van der Waals surface area (Å²) in [6, 6.07) is 17.6. The Morgan fingerprint density at radius 3 is 2.58 bits per heavy atom. The molecule has 3 aromatic rings. The van der Waals surface area contributed by atoms with Crippen molar-refractivity contribution < 1.29 is 9.53 Å². The van der Waals surface area contributed by atoms with E-state index in [4.69, 9.17) is 4.74 Å². The number of benzene rings is 2. The number of ketones is 1. The fraction of sp³-hybridized carbons (Fsp3) is 0.464. The summed E-state index contributed by atoms with van der Waals surface area (Å²) in [6.45, 7) is 8.21. The van der Waals surface area contributed by atoms with Gasteiger partial charge in [0.05, 0.1) is 18.1 Å². The Bertz CT molecular complexity index is 1140. The number of hydrogen-bond donors (Lipinski definition) is 0. The van der Waals surface area contributed by atoms with Crippen molar-refractivity contribution in [1.82, 2.24) is 9.80 Å². The van der Waals surface area contributed by atoms with Crippen LogP contribution in [0, 0.1) is 11.8 Å². The van der Waals surface area contributed by atoms with Crippen LogP contribution in [0.4, 0.5) is 0 Å². The van der Waals surface area contributed by atoms with Crippen LogP contribution in [0.5, 0.6) is 0 Å². The standard InChI is InChI=1S/C28H32N2O2S/c31-26(15-25-19-29-8-6-21(25)7-9-29)28-17-24-5-4-23(16-27(24)33-28)22-3-1-2-20(14-22)18-30-10-12-32-13-11-30/h1-5,14,16-17,21,25H,6-13,15,18-19H2/t25-/m0/s1. The minimum atomic E-state index is 0.337. The third-order valence-corrected chi connectivity index (χ3v) is 8.94. The Labute approximate surface area is 200 Å². The largest absolute Gasteiger partial charge is 0.379 e. The summed E-state index contributed by atoms with van der Waals surface area (Å²) >= 11 is 1.67. The van der Waals surface area contributed by atoms with E-state index in [9.17, 15) is 4.79 Å². The topological polar surface area (TPSA) is 32.8 Å². The summed E-state index contributed by atoms with van der Waals surface area (Å²) in [7, 11) is 0. The van der Waals surface area contributed by atoms with E-state index in [1.165, 1.54) is 52.7 Å². The van der Waals surface area contributed by atoms with Crippen LogP contribution in [0.2, 0.25) is 0 Å². The van der Waals surface area contributed by atoms with E-state index in [0.717, 1.165) is 50.2 Å². The minimum Gasteiger partial charge on any atom is -0.379 e. The third-order valence-electron chi connectivity index (χ3n) is 7.80. The van der Waals surface area contributed by atoms with Gasteiger partial charge in [-0.3, -0.25) is 9.69 Å². The van der Waals surface area contributed by atoms with E-state index in [0.29, 0.717) is 18.1 Å². The van der Waals surface area contributed by atoms with Crippen LogP contribution in [0.15, 0.2) is 48.5 Å². The van der Waals surface area contributed by atoms with E-state index in [2.05, 4.69) is 58.3 Å². The van der Waals surface area contributed by atoms with Crippen LogP contribution in [0.1, 0.15) is 34.5 Å². The molecule has 0 aliphatic carbocycles. The number of ether oxygens (including phenoxy) is 1. The first kappa shape index (κ1) is 21.5. The summed E-state index contributed by atoms with van der Waals surface area (Å²) in [5.41, 5.74) is 3.81. The summed E-state index contributed by atoms with van der Waals surface area (Å²) < 4.78 is 6.69. The molecule has 2 aromatic carbocycles. The smallest absolute Gasteiger partial charge is 0.173 e.